The largest absolute Gasteiger partial charge is 0.504 e. The number of pyridine rings is 1. The van der Waals surface area contributed by atoms with Gasteiger partial charge >= 0.3 is 8.03 Å². The highest BCUT2D eigenvalue weighted by molar-refractivity contribution is 7.76. The van der Waals surface area contributed by atoms with E-state index in [4.69, 9.17) is 13.9 Å². The molecule has 2 unspecified atom stereocenters. The Morgan fingerprint density at radius 3 is 2.64 bits per heavy atom. The molecule has 0 bridgehead atoms. The third kappa shape index (κ3) is 6.25. The van der Waals surface area contributed by atoms with Crippen molar-refractivity contribution in [1.82, 2.24) is 14.6 Å². The molecule has 2 heterocycles. The average Bonchev–Trinajstić information content (AvgIpc) is 3.62. The van der Waals surface area contributed by atoms with Crippen molar-refractivity contribution >= 4 is 36.3 Å². The van der Waals surface area contributed by atoms with E-state index in [9.17, 15) is 18.1 Å². The first-order chi connectivity index (χ1) is 17.3. The Hall–Kier alpha value is -2.49. The number of benzene rings is 1. The van der Waals surface area contributed by atoms with Crippen molar-refractivity contribution in [2.75, 3.05) is 26.9 Å². The summed E-state index contributed by atoms with van der Waals surface area (Å²) in [4.78, 5) is 17.7. The summed E-state index contributed by atoms with van der Waals surface area (Å²) in [7, 11) is -0.0686. The highest BCUT2D eigenvalue weighted by Gasteiger charge is 2.31. The van der Waals surface area contributed by atoms with Crippen LogP contribution in [-0.4, -0.2) is 50.8 Å². The molecular weight excluding hydrogens is 501 g/mol. The monoisotopic (exact) mass is 532 g/mol. The number of carbonyl (C=O) groups is 1. The number of amides is 1. The topological polar surface area (TPSA) is 122 Å². The van der Waals surface area contributed by atoms with Gasteiger partial charge in [0.05, 0.1) is 23.2 Å². The van der Waals surface area contributed by atoms with E-state index in [-0.39, 0.29) is 12.5 Å². The van der Waals surface area contributed by atoms with Gasteiger partial charge in [-0.05, 0) is 54.7 Å². The number of nitrogens with one attached hydrogen (secondary N) is 1. The number of aryl methyl sites for hydroxylation is 1. The maximum Gasteiger partial charge on any atom is 0.504 e. The van der Waals surface area contributed by atoms with E-state index >= 15 is 0 Å². The molecule has 2 N–H and O–H groups in total. The third-order valence-electron chi connectivity index (χ3n) is 6.20. The van der Waals surface area contributed by atoms with E-state index in [1.807, 2.05) is 37.3 Å². The lowest BCUT2D eigenvalue weighted by molar-refractivity contribution is 0.0964. The fraction of sp³-hybridized carbons (Fsp3) is 0.440. The van der Waals surface area contributed by atoms with Crippen LogP contribution in [0.3, 0.4) is 0 Å². The van der Waals surface area contributed by atoms with Crippen molar-refractivity contribution in [3.63, 3.8) is 0 Å². The van der Waals surface area contributed by atoms with Crippen LogP contribution in [0, 0.1) is 6.92 Å². The van der Waals surface area contributed by atoms with Crippen LogP contribution in [0.5, 0.6) is 0 Å². The lowest BCUT2D eigenvalue weighted by Gasteiger charge is -2.18. The number of nitrogens with zero attached hydrogens (tertiary/aromatic N) is 2. The van der Waals surface area contributed by atoms with E-state index < -0.39 is 19.3 Å². The van der Waals surface area contributed by atoms with Crippen LogP contribution in [0.15, 0.2) is 34.7 Å². The van der Waals surface area contributed by atoms with Gasteiger partial charge < -0.3 is 9.73 Å². The van der Waals surface area contributed by atoms with Gasteiger partial charge in [-0.1, -0.05) is 29.8 Å². The van der Waals surface area contributed by atoms with Gasteiger partial charge in [-0.15, -0.1) is 4.52 Å². The molecule has 9 nitrogen and oxygen atoms in total. The Morgan fingerprint density at radius 1 is 1.31 bits per heavy atom. The van der Waals surface area contributed by atoms with Crippen LogP contribution in [0.25, 0.3) is 22.4 Å². The molecule has 2 aromatic heterocycles. The predicted octanol–water partition coefficient (Wildman–Crippen LogP) is 5.15. The second-order valence-corrected chi connectivity index (χ2v) is 11.1. The van der Waals surface area contributed by atoms with Crippen LogP contribution < -0.4 is 5.32 Å². The molecule has 0 aliphatic heterocycles. The lowest BCUT2D eigenvalue weighted by Crippen LogP contribution is -2.27. The molecule has 192 valence electrons. The van der Waals surface area contributed by atoms with Gasteiger partial charge in [-0.25, -0.2) is 9.19 Å². The van der Waals surface area contributed by atoms with Crippen LogP contribution in [0.1, 0.15) is 58.8 Å². The van der Waals surface area contributed by atoms with Gasteiger partial charge in [-0.3, -0.25) is 9.35 Å². The number of hydrogen-bond acceptors (Lipinski definition) is 6. The summed E-state index contributed by atoms with van der Waals surface area (Å²) < 4.78 is 45.8. The predicted molar refractivity (Wildman–Crippen MR) is 139 cm³/mol. The molecule has 0 spiro atoms. The standard InChI is InChI=1S/C25H30N3O6PS/c1-16-6-8-18(9-7-16)23-22(24(29)26-2)20-14-19(17-10-11-17)21(27-25(20)34-23)15-28(36(31)32)12-4-5-13-33-35(3)30/h6-9,14,17H,4-5,10-13,15H2,1-3H3,(H-,26,29,31,32)/p+1. The highest BCUT2D eigenvalue weighted by atomic mass is 32.2. The molecular formula is C25H31N3O6PS+. The SMILES string of the molecule is CNC(=O)c1c(-c2ccc(C)cc2)oc2nc(CN(CCCCO[P+](C)=O)S(=O)O)c(C3CC3)cc12. The zero-order valence-electron chi connectivity index (χ0n) is 20.7. The summed E-state index contributed by atoms with van der Waals surface area (Å²) in [5.74, 6) is 0.498. The molecule has 11 heteroatoms. The number of rotatable bonds is 12. The van der Waals surface area contributed by atoms with Crippen LogP contribution in [-0.2, 0) is 26.9 Å². The van der Waals surface area contributed by atoms with Gasteiger partial charge in [-0.2, -0.15) is 4.31 Å². The molecule has 1 aliphatic carbocycles. The fourth-order valence-corrected chi connectivity index (χ4v) is 5.07. The molecule has 4 rings (SSSR count). The molecule has 36 heavy (non-hydrogen) atoms. The van der Waals surface area contributed by atoms with Crippen molar-refractivity contribution < 1.29 is 27.1 Å². The van der Waals surface area contributed by atoms with E-state index in [0.717, 1.165) is 29.5 Å². The second-order valence-electron chi connectivity index (χ2n) is 8.98. The van der Waals surface area contributed by atoms with Gasteiger partial charge in [0.1, 0.15) is 12.4 Å². The van der Waals surface area contributed by atoms with Crippen molar-refractivity contribution in [1.29, 1.82) is 0 Å². The Bertz CT molecular complexity index is 1290. The molecule has 1 aromatic carbocycles. The van der Waals surface area contributed by atoms with Crippen molar-refractivity contribution in [3.8, 4) is 11.3 Å². The summed E-state index contributed by atoms with van der Waals surface area (Å²) in [5, 5.41) is 3.35. The van der Waals surface area contributed by atoms with E-state index in [2.05, 4.69) is 5.32 Å². The molecule has 0 saturated heterocycles. The minimum Gasteiger partial charge on any atom is -0.437 e. The zero-order chi connectivity index (χ0) is 25.8. The van der Waals surface area contributed by atoms with Crippen LogP contribution in [0.4, 0.5) is 0 Å². The Labute approximate surface area is 213 Å². The first-order valence-corrected chi connectivity index (χ1v) is 14.6. The van der Waals surface area contributed by atoms with Crippen LogP contribution >= 0.6 is 8.03 Å². The molecule has 1 aliphatic rings. The van der Waals surface area contributed by atoms with E-state index in [0.29, 0.717) is 60.0 Å². The average molecular weight is 533 g/mol. The second kappa shape index (κ2) is 11.7. The Balaban J connectivity index is 1.68. The smallest absolute Gasteiger partial charge is 0.437 e. The number of fused-ring (bicyclic) bond motifs is 1. The maximum atomic E-state index is 12.9. The normalized spacial score (nSPS) is 14.9. The molecule has 3 aromatic rings. The Kier molecular flexibility index (Phi) is 8.64. The maximum absolute atomic E-state index is 12.9. The minimum absolute atomic E-state index is 0.170. The van der Waals surface area contributed by atoms with Crippen molar-refractivity contribution in [2.45, 2.75) is 45.1 Å². The number of unbranched alkanes of at least 4 members (excludes halogenated alkanes) is 1. The van der Waals surface area contributed by atoms with Gasteiger partial charge in [0.25, 0.3) is 5.91 Å². The van der Waals surface area contributed by atoms with E-state index in [1.54, 1.807) is 7.05 Å². The number of hydrogen-bond donors (Lipinski definition) is 2. The van der Waals surface area contributed by atoms with Gasteiger partial charge in [0.2, 0.25) is 17.0 Å². The van der Waals surface area contributed by atoms with Crippen molar-refractivity contribution in [2.24, 2.45) is 0 Å². The molecule has 1 amide bonds. The molecule has 1 saturated carbocycles. The fourth-order valence-electron chi connectivity index (χ4n) is 4.17. The molecule has 2 atom stereocenters. The third-order valence-corrected chi connectivity index (χ3v) is 7.50. The quantitative estimate of drug-likeness (QED) is 0.188. The number of carbonyl (C=O) groups excluding carboxylic acids is 1. The Morgan fingerprint density at radius 2 is 2.03 bits per heavy atom. The lowest BCUT2D eigenvalue weighted by atomic mass is 10.0. The molecule has 0 radical (unpaired) electrons. The van der Waals surface area contributed by atoms with Gasteiger partial charge in [0, 0.05) is 19.2 Å². The summed E-state index contributed by atoms with van der Waals surface area (Å²) in [6.07, 6.45) is 3.24. The first kappa shape index (κ1) is 26.6. The molecule has 1 fully saturated rings. The number of furan rings is 1. The van der Waals surface area contributed by atoms with Crippen molar-refractivity contribution in [3.05, 3.63) is 52.7 Å². The first-order valence-electron chi connectivity index (χ1n) is 11.9. The summed E-state index contributed by atoms with van der Waals surface area (Å²) in [5.41, 5.74) is 4.29. The zero-order valence-corrected chi connectivity index (χ0v) is 22.4. The number of aromatic nitrogens is 1. The summed E-state index contributed by atoms with van der Waals surface area (Å²) in [6, 6.07) is 9.71. The van der Waals surface area contributed by atoms with Gasteiger partial charge in [0.15, 0.2) is 6.66 Å². The highest BCUT2D eigenvalue weighted by Crippen LogP contribution is 2.44. The van der Waals surface area contributed by atoms with Crippen LogP contribution in [0.2, 0.25) is 0 Å². The summed E-state index contributed by atoms with van der Waals surface area (Å²) >= 11 is -2.19. The summed E-state index contributed by atoms with van der Waals surface area (Å²) in [6.45, 7) is 4.36. The minimum atomic E-state index is -2.19. The van der Waals surface area contributed by atoms with E-state index in [1.165, 1.54) is 11.0 Å².